The molecule has 0 aromatic heterocycles. The van der Waals surface area contributed by atoms with Crippen LogP contribution >= 0.6 is 0 Å². The van der Waals surface area contributed by atoms with Gasteiger partial charge in [-0.05, 0) is 19.9 Å². The van der Waals surface area contributed by atoms with Gasteiger partial charge in [0, 0.05) is 11.3 Å². The summed E-state index contributed by atoms with van der Waals surface area (Å²) in [5.74, 6) is -0.862. The minimum atomic E-state index is -4.03. The zero-order chi connectivity index (χ0) is 15.0. The number of benzene rings is 1. The van der Waals surface area contributed by atoms with Crippen molar-refractivity contribution in [3.63, 3.8) is 0 Å². The van der Waals surface area contributed by atoms with Crippen LogP contribution in [-0.2, 0) is 24.0 Å². The van der Waals surface area contributed by atoms with Crippen LogP contribution in [0.25, 0.3) is 0 Å². The maximum absolute atomic E-state index is 10.9. The van der Waals surface area contributed by atoms with Crippen LogP contribution in [0.1, 0.15) is 25.5 Å². The molecule has 1 aromatic rings. The van der Waals surface area contributed by atoms with Gasteiger partial charge in [-0.15, -0.1) is 0 Å². The van der Waals surface area contributed by atoms with Gasteiger partial charge in [-0.2, -0.15) is 8.42 Å². The maximum atomic E-state index is 10.9. The van der Waals surface area contributed by atoms with E-state index in [0.717, 1.165) is 5.56 Å². The van der Waals surface area contributed by atoms with Gasteiger partial charge in [-0.1, -0.05) is 18.2 Å². The second-order valence-electron chi connectivity index (χ2n) is 5.00. The van der Waals surface area contributed by atoms with Crippen LogP contribution in [-0.4, -0.2) is 56.5 Å². The molecule has 4 N–H and O–H groups in total. The Morgan fingerprint density at radius 1 is 1.29 bits per heavy atom. The van der Waals surface area contributed by atoms with Crippen molar-refractivity contribution < 1.29 is 22.1 Å². The van der Waals surface area contributed by atoms with Crippen molar-refractivity contribution in [1.82, 2.24) is 0 Å². The molecule has 1 aliphatic rings. The Morgan fingerprint density at radius 2 is 1.90 bits per heavy atom. The Balaban J connectivity index is 0.00000220. The molecule has 9 heteroatoms. The molecular formula is C12H19N2NaO5S. The molecule has 1 aliphatic heterocycles. The van der Waals surface area contributed by atoms with Gasteiger partial charge in [-0.3, -0.25) is 4.18 Å². The minimum absolute atomic E-state index is 0. The molecule has 21 heavy (non-hydrogen) atoms. The van der Waals surface area contributed by atoms with Crippen LogP contribution in [0.15, 0.2) is 24.3 Å². The Bertz CT molecular complexity index is 593. The fraction of sp³-hybridized carbons (Fsp3) is 0.500. The zero-order valence-electron chi connectivity index (χ0n) is 11.3. The van der Waals surface area contributed by atoms with E-state index in [1.54, 1.807) is 32.0 Å². The third-order valence-electron chi connectivity index (χ3n) is 2.88. The fourth-order valence-corrected chi connectivity index (χ4v) is 2.48. The van der Waals surface area contributed by atoms with E-state index in [0.29, 0.717) is 5.69 Å². The van der Waals surface area contributed by atoms with E-state index in [2.05, 4.69) is 4.18 Å². The SMILES string of the molecule is CC1(C)O[C@H](c2ccccc2N)[C@@H](COS(N)(=O)=O)O1.[NaH]. The van der Waals surface area contributed by atoms with Crippen molar-refractivity contribution in [2.75, 3.05) is 12.3 Å². The third-order valence-corrected chi connectivity index (χ3v) is 3.35. The molecule has 1 heterocycles. The first-order chi connectivity index (χ1) is 9.18. The van der Waals surface area contributed by atoms with E-state index in [-0.39, 0.29) is 36.2 Å². The summed E-state index contributed by atoms with van der Waals surface area (Å²) in [4.78, 5) is 0. The van der Waals surface area contributed by atoms with Gasteiger partial charge in [0.25, 0.3) is 0 Å². The number of nitrogen functional groups attached to an aromatic ring is 1. The van der Waals surface area contributed by atoms with Crippen molar-refractivity contribution >= 4 is 45.5 Å². The molecule has 0 unspecified atom stereocenters. The van der Waals surface area contributed by atoms with Gasteiger partial charge in [0.15, 0.2) is 5.79 Å². The Labute approximate surface area is 146 Å². The van der Waals surface area contributed by atoms with Gasteiger partial charge >= 0.3 is 39.9 Å². The molecule has 114 valence electrons. The predicted octanol–water partition coefficient (Wildman–Crippen LogP) is 0.0330. The van der Waals surface area contributed by atoms with Gasteiger partial charge in [-0.25, -0.2) is 5.14 Å². The van der Waals surface area contributed by atoms with Gasteiger partial charge in [0.05, 0.1) is 6.61 Å². The first kappa shape index (κ1) is 18.9. The van der Waals surface area contributed by atoms with Gasteiger partial charge < -0.3 is 15.2 Å². The summed E-state index contributed by atoms with van der Waals surface area (Å²) >= 11 is 0. The number of nitrogens with two attached hydrogens (primary N) is 2. The standard InChI is InChI=1S/C12H18N2O5S.Na.H/c1-12(2)18-10(7-17-20(14,15)16)11(19-12)8-5-3-4-6-9(8)13;;/h3-6,10-11H,7,13H2,1-2H3,(H2,14,15,16);;/t10-,11-;;/m1../s1. The molecule has 2 atom stereocenters. The summed E-state index contributed by atoms with van der Waals surface area (Å²) in [6.45, 7) is 3.23. The first-order valence-electron chi connectivity index (χ1n) is 6.05. The molecule has 2 rings (SSSR count). The number of para-hydroxylation sites is 1. The van der Waals surface area contributed by atoms with Crippen molar-refractivity contribution in [2.45, 2.75) is 31.8 Å². The summed E-state index contributed by atoms with van der Waals surface area (Å²) in [5, 5.41) is 4.82. The molecule has 0 spiro atoms. The average molecular weight is 326 g/mol. The van der Waals surface area contributed by atoms with Gasteiger partial charge in [0.2, 0.25) is 0 Å². The van der Waals surface area contributed by atoms with E-state index in [1.165, 1.54) is 0 Å². The third kappa shape index (κ3) is 5.19. The normalized spacial score (nSPS) is 24.5. The van der Waals surface area contributed by atoms with Crippen LogP contribution in [0.3, 0.4) is 0 Å². The summed E-state index contributed by atoms with van der Waals surface area (Å²) < 4.78 is 37.8. The molecule has 7 nitrogen and oxygen atoms in total. The quantitative estimate of drug-likeness (QED) is 0.596. The summed E-state index contributed by atoms with van der Waals surface area (Å²) in [6, 6.07) is 7.16. The number of hydrogen-bond donors (Lipinski definition) is 2. The Hall–Kier alpha value is -0.190. The summed E-state index contributed by atoms with van der Waals surface area (Å²) in [7, 11) is -4.03. The number of rotatable bonds is 4. The summed E-state index contributed by atoms with van der Waals surface area (Å²) in [5.41, 5.74) is 7.18. The van der Waals surface area contributed by atoms with Crippen LogP contribution in [0.2, 0.25) is 0 Å². The monoisotopic (exact) mass is 326 g/mol. The second kappa shape index (κ2) is 6.93. The van der Waals surface area contributed by atoms with Crippen LogP contribution < -0.4 is 10.9 Å². The predicted molar refractivity (Wildman–Crippen MR) is 79.8 cm³/mol. The van der Waals surface area contributed by atoms with Crippen molar-refractivity contribution in [1.29, 1.82) is 0 Å². The molecular weight excluding hydrogens is 307 g/mol. The molecule has 0 aliphatic carbocycles. The van der Waals surface area contributed by atoms with E-state index in [9.17, 15) is 8.42 Å². The van der Waals surface area contributed by atoms with Crippen LogP contribution in [0.4, 0.5) is 5.69 Å². The van der Waals surface area contributed by atoms with E-state index < -0.39 is 28.3 Å². The van der Waals surface area contributed by atoms with E-state index >= 15 is 0 Å². The molecule has 0 bridgehead atoms. The number of hydrogen-bond acceptors (Lipinski definition) is 6. The number of anilines is 1. The van der Waals surface area contributed by atoms with Crippen LogP contribution in [0, 0.1) is 0 Å². The number of ether oxygens (including phenoxy) is 2. The van der Waals surface area contributed by atoms with Gasteiger partial charge in [0.1, 0.15) is 12.2 Å². The van der Waals surface area contributed by atoms with E-state index in [4.69, 9.17) is 20.3 Å². The molecule has 0 saturated carbocycles. The Morgan fingerprint density at radius 3 is 2.48 bits per heavy atom. The Kier molecular flexibility index (Phi) is 6.22. The molecule has 0 amide bonds. The summed E-state index contributed by atoms with van der Waals surface area (Å²) in [6.07, 6.45) is -1.14. The topological polar surface area (TPSA) is 114 Å². The molecule has 0 radical (unpaired) electrons. The van der Waals surface area contributed by atoms with Crippen molar-refractivity contribution in [2.24, 2.45) is 5.14 Å². The second-order valence-corrected chi connectivity index (χ2v) is 6.22. The van der Waals surface area contributed by atoms with Crippen molar-refractivity contribution in [3.05, 3.63) is 29.8 Å². The van der Waals surface area contributed by atoms with E-state index in [1.807, 2.05) is 6.07 Å². The first-order valence-corrected chi connectivity index (χ1v) is 7.52. The average Bonchev–Trinajstić information content (AvgIpc) is 2.62. The fourth-order valence-electron chi connectivity index (χ4n) is 2.15. The van der Waals surface area contributed by atoms with Crippen LogP contribution in [0.5, 0.6) is 0 Å². The molecule has 1 aromatic carbocycles. The molecule has 1 saturated heterocycles. The van der Waals surface area contributed by atoms with Crippen molar-refractivity contribution in [3.8, 4) is 0 Å². The molecule has 1 fully saturated rings. The zero-order valence-corrected chi connectivity index (χ0v) is 12.1.